The SMILES string of the molecule is CCC(=O)NCCN(C)CCNCCOCCOC(C)C. The minimum Gasteiger partial charge on any atom is -0.378 e. The number of rotatable bonds is 14. The fourth-order valence-corrected chi connectivity index (χ4v) is 1.61. The molecule has 0 heterocycles. The van der Waals surface area contributed by atoms with Crippen LogP contribution in [0.3, 0.4) is 0 Å². The van der Waals surface area contributed by atoms with Crippen LogP contribution in [0.4, 0.5) is 0 Å². The molecule has 0 unspecified atom stereocenters. The fourth-order valence-electron chi connectivity index (χ4n) is 1.61. The smallest absolute Gasteiger partial charge is 0.219 e. The molecule has 0 bridgehead atoms. The Kier molecular flexibility index (Phi) is 13.8. The lowest BCUT2D eigenvalue weighted by atomic mass is 10.4. The van der Waals surface area contributed by atoms with E-state index in [9.17, 15) is 4.79 Å². The molecule has 0 saturated carbocycles. The van der Waals surface area contributed by atoms with Crippen LogP contribution in [0.25, 0.3) is 0 Å². The second kappa shape index (κ2) is 14.3. The molecule has 0 aliphatic heterocycles. The van der Waals surface area contributed by atoms with Crippen LogP contribution in [0.5, 0.6) is 0 Å². The molecule has 6 heteroatoms. The van der Waals surface area contributed by atoms with E-state index in [1.54, 1.807) is 0 Å². The Hall–Kier alpha value is -0.690. The molecule has 21 heavy (non-hydrogen) atoms. The van der Waals surface area contributed by atoms with Crippen molar-refractivity contribution in [3.05, 3.63) is 0 Å². The van der Waals surface area contributed by atoms with Crippen LogP contribution in [0.15, 0.2) is 0 Å². The minimum absolute atomic E-state index is 0.111. The molecular formula is C15H33N3O3. The van der Waals surface area contributed by atoms with Gasteiger partial charge in [0, 0.05) is 39.1 Å². The van der Waals surface area contributed by atoms with Gasteiger partial charge in [0.15, 0.2) is 0 Å². The van der Waals surface area contributed by atoms with E-state index >= 15 is 0 Å². The largest absolute Gasteiger partial charge is 0.378 e. The van der Waals surface area contributed by atoms with Gasteiger partial charge in [-0.05, 0) is 20.9 Å². The van der Waals surface area contributed by atoms with Gasteiger partial charge >= 0.3 is 0 Å². The van der Waals surface area contributed by atoms with Crippen LogP contribution in [0.1, 0.15) is 27.2 Å². The molecule has 0 aromatic carbocycles. The fraction of sp³-hybridized carbons (Fsp3) is 0.933. The summed E-state index contributed by atoms with van der Waals surface area (Å²) in [5.41, 5.74) is 0. The molecule has 0 aromatic heterocycles. The van der Waals surface area contributed by atoms with Crippen LogP contribution in [0, 0.1) is 0 Å². The van der Waals surface area contributed by atoms with E-state index in [1.165, 1.54) is 0 Å². The Morgan fingerprint density at radius 3 is 2.48 bits per heavy atom. The molecule has 0 atom stereocenters. The van der Waals surface area contributed by atoms with E-state index in [2.05, 4.69) is 22.6 Å². The summed E-state index contributed by atoms with van der Waals surface area (Å²) in [7, 11) is 2.06. The van der Waals surface area contributed by atoms with Crippen LogP contribution >= 0.6 is 0 Å². The highest BCUT2D eigenvalue weighted by molar-refractivity contribution is 5.75. The van der Waals surface area contributed by atoms with Crippen LogP contribution in [-0.4, -0.2) is 76.5 Å². The van der Waals surface area contributed by atoms with Crippen molar-refractivity contribution in [3.8, 4) is 0 Å². The molecule has 2 N–H and O–H groups in total. The lowest BCUT2D eigenvalue weighted by molar-refractivity contribution is -0.120. The van der Waals surface area contributed by atoms with Gasteiger partial charge in [-0.1, -0.05) is 6.92 Å². The molecule has 0 saturated heterocycles. The molecule has 0 radical (unpaired) electrons. The minimum atomic E-state index is 0.111. The maximum atomic E-state index is 11.1. The van der Waals surface area contributed by atoms with Gasteiger partial charge in [-0.15, -0.1) is 0 Å². The van der Waals surface area contributed by atoms with Gasteiger partial charge in [-0.3, -0.25) is 4.79 Å². The zero-order valence-corrected chi connectivity index (χ0v) is 14.1. The lowest BCUT2D eigenvalue weighted by Crippen LogP contribution is -2.36. The van der Waals surface area contributed by atoms with E-state index in [-0.39, 0.29) is 12.0 Å². The Morgan fingerprint density at radius 2 is 1.81 bits per heavy atom. The average molecular weight is 303 g/mol. The molecule has 0 rings (SSSR count). The van der Waals surface area contributed by atoms with Crippen LogP contribution < -0.4 is 10.6 Å². The highest BCUT2D eigenvalue weighted by atomic mass is 16.5. The zero-order chi connectivity index (χ0) is 15.9. The third kappa shape index (κ3) is 15.5. The number of hydrogen-bond acceptors (Lipinski definition) is 5. The number of amides is 1. The first kappa shape index (κ1) is 20.3. The first-order valence-electron chi connectivity index (χ1n) is 7.91. The van der Waals surface area contributed by atoms with Gasteiger partial charge in [0.05, 0.1) is 25.9 Å². The number of hydrogen-bond donors (Lipinski definition) is 2. The van der Waals surface area contributed by atoms with Crippen molar-refractivity contribution >= 4 is 5.91 Å². The predicted molar refractivity (Wildman–Crippen MR) is 85.6 cm³/mol. The molecule has 6 nitrogen and oxygen atoms in total. The summed E-state index contributed by atoms with van der Waals surface area (Å²) < 4.78 is 10.8. The summed E-state index contributed by atoms with van der Waals surface area (Å²) in [6.45, 7) is 12.2. The third-order valence-electron chi connectivity index (χ3n) is 2.91. The van der Waals surface area contributed by atoms with Crippen molar-refractivity contribution in [2.24, 2.45) is 0 Å². The molecule has 0 aliphatic rings. The highest BCUT2D eigenvalue weighted by Gasteiger charge is 2.00. The normalized spacial score (nSPS) is 11.3. The third-order valence-corrected chi connectivity index (χ3v) is 2.91. The van der Waals surface area contributed by atoms with Crippen molar-refractivity contribution in [2.75, 3.05) is 59.6 Å². The van der Waals surface area contributed by atoms with E-state index < -0.39 is 0 Å². The Labute approximate surface area is 129 Å². The summed E-state index contributed by atoms with van der Waals surface area (Å²) in [5.74, 6) is 0.111. The van der Waals surface area contributed by atoms with Gasteiger partial charge in [0.1, 0.15) is 0 Å². The van der Waals surface area contributed by atoms with Crippen LogP contribution in [0.2, 0.25) is 0 Å². The zero-order valence-electron chi connectivity index (χ0n) is 14.1. The van der Waals surface area contributed by atoms with Gasteiger partial charge in [0.25, 0.3) is 0 Å². The summed E-state index contributed by atoms with van der Waals surface area (Å²) in [6, 6.07) is 0. The van der Waals surface area contributed by atoms with E-state index in [4.69, 9.17) is 9.47 Å². The number of carbonyl (C=O) groups is 1. The van der Waals surface area contributed by atoms with Gasteiger partial charge in [-0.25, -0.2) is 0 Å². The summed E-state index contributed by atoms with van der Waals surface area (Å²) in [6.07, 6.45) is 0.817. The van der Waals surface area contributed by atoms with Crippen molar-refractivity contribution in [1.82, 2.24) is 15.5 Å². The van der Waals surface area contributed by atoms with E-state index in [1.807, 2.05) is 20.8 Å². The highest BCUT2D eigenvalue weighted by Crippen LogP contribution is 1.87. The summed E-state index contributed by atoms with van der Waals surface area (Å²) in [4.78, 5) is 13.3. The van der Waals surface area contributed by atoms with E-state index in [0.29, 0.717) is 32.8 Å². The Morgan fingerprint density at radius 1 is 1.10 bits per heavy atom. The maximum absolute atomic E-state index is 11.1. The number of likely N-dealkylation sites (N-methyl/N-ethyl adjacent to an activating group) is 1. The van der Waals surface area contributed by atoms with Crippen molar-refractivity contribution < 1.29 is 14.3 Å². The quantitative estimate of drug-likeness (QED) is 0.457. The van der Waals surface area contributed by atoms with Crippen molar-refractivity contribution in [3.63, 3.8) is 0 Å². The van der Waals surface area contributed by atoms with E-state index in [0.717, 1.165) is 26.2 Å². The average Bonchev–Trinajstić information content (AvgIpc) is 2.44. The first-order valence-corrected chi connectivity index (χ1v) is 7.91. The molecule has 0 aromatic rings. The molecule has 0 fully saturated rings. The second-order valence-electron chi connectivity index (χ2n) is 5.29. The Bertz CT molecular complexity index is 250. The van der Waals surface area contributed by atoms with Crippen molar-refractivity contribution in [1.29, 1.82) is 0 Å². The topological polar surface area (TPSA) is 62.8 Å². The van der Waals surface area contributed by atoms with Gasteiger partial charge in [-0.2, -0.15) is 0 Å². The lowest BCUT2D eigenvalue weighted by Gasteiger charge is -2.17. The predicted octanol–water partition coefficient (Wildman–Crippen LogP) is 0.476. The van der Waals surface area contributed by atoms with Crippen molar-refractivity contribution in [2.45, 2.75) is 33.3 Å². The summed E-state index contributed by atoms with van der Waals surface area (Å²) in [5, 5.41) is 6.20. The standard InChI is InChI=1S/C15H33N3O3/c1-5-15(19)17-7-10-18(4)9-6-16-8-11-20-12-13-21-14(2)3/h14,16H,5-13H2,1-4H3,(H,17,19). The molecule has 0 spiro atoms. The molecule has 0 aliphatic carbocycles. The summed E-state index contributed by atoms with van der Waals surface area (Å²) >= 11 is 0. The van der Waals surface area contributed by atoms with Gasteiger partial charge < -0.3 is 25.0 Å². The molecular weight excluding hydrogens is 270 g/mol. The number of carbonyl (C=O) groups excluding carboxylic acids is 1. The molecule has 1 amide bonds. The van der Waals surface area contributed by atoms with Crippen LogP contribution in [-0.2, 0) is 14.3 Å². The number of nitrogens with zero attached hydrogens (tertiary/aromatic N) is 1. The second-order valence-corrected chi connectivity index (χ2v) is 5.29. The maximum Gasteiger partial charge on any atom is 0.219 e. The van der Waals surface area contributed by atoms with Gasteiger partial charge in [0.2, 0.25) is 5.91 Å². The molecule has 126 valence electrons. The monoisotopic (exact) mass is 303 g/mol. The number of ether oxygens (including phenoxy) is 2. The number of nitrogens with one attached hydrogen (secondary N) is 2. The first-order chi connectivity index (χ1) is 10.1. The Balaban J connectivity index is 3.21.